The number of hydrogen-bond donors (Lipinski definition) is 11. The molecule has 0 radical (unpaired) electrons. The van der Waals surface area contributed by atoms with Gasteiger partial charge >= 0.3 is 23.9 Å². The first kappa shape index (κ1) is 55.5. The molecule has 0 heterocycles. The largest absolute Gasteiger partial charge is 0.481 e. The second-order valence-electron chi connectivity index (χ2n) is 17.7. The molecule has 0 spiro atoms. The van der Waals surface area contributed by atoms with Crippen LogP contribution in [0.4, 0.5) is 0 Å². The molecule has 68 heavy (non-hydrogen) atoms. The predicted octanol–water partition coefficient (Wildman–Crippen LogP) is 0.997. The van der Waals surface area contributed by atoms with Crippen molar-refractivity contribution in [3.8, 4) is 0 Å². The van der Waals surface area contributed by atoms with Crippen molar-refractivity contribution in [3.05, 3.63) is 71.8 Å². The quantitative estimate of drug-likeness (QED) is 0.0376. The number of rotatable bonds is 25. The number of benzene rings is 2. The van der Waals surface area contributed by atoms with Crippen LogP contribution in [0.1, 0.15) is 96.1 Å². The van der Waals surface area contributed by atoms with E-state index in [2.05, 4.69) is 44.5 Å². The first-order valence-electron chi connectivity index (χ1n) is 21.9. The molecule has 0 saturated heterocycles. The first-order valence-corrected chi connectivity index (χ1v) is 22.5. The zero-order chi connectivity index (χ0) is 50.9. The van der Waals surface area contributed by atoms with Gasteiger partial charge in [-0.05, 0) is 28.9 Å². The van der Waals surface area contributed by atoms with Gasteiger partial charge in [-0.25, -0.2) is 4.79 Å². The van der Waals surface area contributed by atoms with Crippen molar-refractivity contribution >= 4 is 77.7 Å². The third-order valence-electron chi connectivity index (χ3n) is 11.4. The zero-order valence-electron chi connectivity index (χ0n) is 38.1. The number of ketones is 1. The highest BCUT2D eigenvalue weighted by Crippen LogP contribution is 2.31. The molecule has 22 heteroatoms. The van der Waals surface area contributed by atoms with Gasteiger partial charge in [0.25, 0.3) is 5.78 Å². The van der Waals surface area contributed by atoms with Crippen molar-refractivity contribution in [2.75, 3.05) is 5.75 Å². The van der Waals surface area contributed by atoms with E-state index < -0.39 is 131 Å². The molecular weight excluding hydrogens is 909 g/mol. The molecule has 2 aromatic rings. The molecule has 0 bridgehead atoms. The van der Waals surface area contributed by atoms with Crippen LogP contribution in [0.15, 0.2) is 60.7 Å². The van der Waals surface area contributed by atoms with Crippen LogP contribution >= 0.6 is 12.6 Å². The van der Waals surface area contributed by atoms with Gasteiger partial charge in [0.05, 0.1) is 6.42 Å². The summed E-state index contributed by atoms with van der Waals surface area (Å²) in [7, 11) is 0. The lowest BCUT2D eigenvalue weighted by atomic mass is 9.82. The number of amides is 6. The Balaban J connectivity index is 2.17. The average Bonchev–Trinajstić information content (AvgIpc) is 3.27. The molecule has 1 aliphatic rings. The van der Waals surface area contributed by atoms with Crippen LogP contribution < -0.4 is 31.9 Å². The Kier molecular flexibility index (Phi) is 21.1. The molecular formula is C46H60N6O15S. The lowest BCUT2D eigenvalue weighted by Gasteiger charge is -2.36. The maximum Gasteiger partial charge on any atom is 0.374 e. The SMILES string of the molecule is CC(=O)N[C@@H](CC(=O)O)C(=O)N[C@H](CC(C(=O)O)C(=O)O)C(=O)N[C@H](C(=O)N[C@H](C(=O)N[C@@H](CC1CCCCC1)C(=O)N[C@@H](CS)C(=O)C(=O)O)C(C)(C)C)C(c1ccccc1)c1ccccc1. The molecule has 2 aromatic carbocycles. The molecule has 370 valence electrons. The molecule has 3 rings (SSSR count). The third-order valence-corrected chi connectivity index (χ3v) is 11.7. The minimum atomic E-state index is -2.32. The highest BCUT2D eigenvalue weighted by molar-refractivity contribution is 7.80. The fraction of sp³-hybridized carbons (Fsp3) is 0.500. The maximum absolute atomic E-state index is 15.0. The van der Waals surface area contributed by atoms with Gasteiger partial charge in [-0.2, -0.15) is 12.6 Å². The summed E-state index contributed by atoms with van der Waals surface area (Å²) in [5, 5.41) is 53.0. The monoisotopic (exact) mass is 968 g/mol. The summed E-state index contributed by atoms with van der Waals surface area (Å²) in [6.07, 6.45) is 2.11. The topological polar surface area (TPSA) is 341 Å². The zero-order valence-corrected chi connectivity index (χ0v) is 39.0. The molecule has 0 unspecified atom stereocenters. The lowest BCUT2D eigenvalue weighted by Crippen LogP contribution is -2.63. The molecule has 10 N–H and O–H groups in total. The molecule has 0 aromatic heterocycles. The summed E-state index contributed by atoms with van der Waals surface area (Å²) < 4.78 is 0. The number of nitrogens with one attached hydrogen (secondary N) is 6. The van der Waals surface area contributed by atoms with E-state index in [1.54, 1.807) is 81.4 Å². The van der Waals surface area contributed by atoms with E-state index in [9.17, 15) is 68.4 Å². The van der Waals surface area contributed by atoms with Crippen LogP contribution in [0.25, 0.3) is 0 Å². The van der Waals surface area contributed by atoms with E-state index in [4.69, 9.17) is 0 Å². The van der Waals surface area contributed by atoms with Crippen molar-refractivity contribution in [1.82, 2.24) is 31.9 Å². The Labute approximate surface area is 397 Å². The van der Waals surface area contributed by atoms with E-state index in [0.717, 1.165) is 39.0 Å². The summed E-state index contributed by atoms with van der Waals surface area (Å²) in [6, 6.07) is 6.44. The predicted molar refractivity (Wildman–Crippen MR) is 245 cm³/mol. The summed E-state index contributed by atoms with van der Waals surface area (Å²) in [5.41, 5.74) is -0.301. The molecule has 21 nitrogen and oxygen atoms in total. The number of aliphatic carboxylic acids is 4. The van der Waals surface area contributed by atoms with Gasteiger partial charge in [-0.15, -0.1) is 0 Å². The summed E-state index contributed by atoms with van der Waals surface area (Å²) >= 11 is 4.04. The van der Waals surface area contributed by atoms with E-state index in [-0.39, 0.29) is 18.1 Å². The van der Waals surface area contributed by atoms with Crippen LogP contribution in [0, 0.1) is 17.3 Å². The average molecular weight is 969 g/mol. The standard InChI is InChI=1S/C46H60N6O15S/c1-24(53)47-31(22-33(54)55)39(58)48-30(21-28(43(62)63)44(64)65)40(59)51-35(34(26-16-10-6-11-17-26)27-18-12-7-13-19-27)41(60)52-37(46(2,3)4)42(61)49-29(20-25-14-8-5-9-15-25)38(57)50-32(23-68)36(56)45(66)67/h6-7,10-13,16-19,25,28-32,34-35,37,68H,5,8-9,14-15,20-23H2,1-4H3,(H,47,53)(H,48,58)(H,49,61)(H,50,57)(H,51,59)(H,52,60)(H,54,55)(H,62,63)(H,64,65)(H,66,67)/t29-,30+,31-,32-,35-,37+/m0/s1. The van der Waals surface area contributed by atoms with Gasteiger partial charge in [-0.3, -0.25) is 47.9 Å². The first-order chi connectivity index (χ1) is 31.9. The fourth-order valence-electron chi connectivity index (χ4n) is 7.89. The van der Waals surface area contributed by atoms with Crippen LogP contribution in [-0.4, -0.2) is 128 Å². The highest BCUT2D eigenvalue weighted by Gasteiger charge is 2.42. The minimum Gasteiger partial charge on any atom is -0.481 e. The molecule has 6 atom stereocenters. The van der Waals surface area contributed by atoms with E-state index in [1.807, 2.05) is 0 Å². The maximum atomic E-state index is 15.0. The van der Waals surface area contributed by atoms with Crippen LogP contribution in [0.2, 0.25) is 0 Å². The Morgan fingerprint density at radius 1 is 0.603 bits per heavy atom. The lowest BCUT2D eigenvalue weighted by molar-refractivity contribution is -0.155. The van der Waals surface area contributed by atoms with Crippen molar-refractivity contribution in [2.24, 2.45) is 17.3 Å². The Morgan fingerprint density at radius 3 is 1.54 bits per heavy atom. The highest BCUT2D eigenvalue weighted by atomic mass is 32.1. The van der Waals surface area contributed by atoms with Crippen molar-refractivity contribution < 1.29 is 73.2 Å². The van der Waals surface area contributed by atoms with Crippen molar-refractivity contribution in [1.29, 1.82) is 0 Å². The summed E-state index contributed by atoms with van der Waals surface area (Å²) in [6.45, 7) is 5.78. The van der Waals surface area contributed by atoms with Gasteiger partial charge in [0.2, 0.25) is 35.4 Å². The van der Waals surface area contributed by atoms with Gasteiger partial charge in [0.1, 0.15) is 36.3 Å². The van der Waals surface area contributed by atoms with Gasteiger partial charge in [-0.1, -0.05) is 114 Å². The number of Topliss-reactive ketones (excluding diaryl/α,β-unsaturated/α-hetero) is 1. The van der Waals surface area contributed by atoms with Crippen molar-refractivity contribution in [3.63, 3.8) is 0 Å². The molecule has 0 aliphatic heterocycles. The molecule has 1 saturated carbocycles. The second-order valence-corrected chi connectivity index (χ2v) is 18.0. The van der Waals surface area contributed by atoms with Gasteiger partial charge < -0.3 is 52.3 Å². The smallest absolute Gasteiger partial charge is 0.374 e. The molecule has 6 amide bonds. The minimum absolute atomic E-state index is 0.0443. The number of thiol groups is 1. The number of carboxylic acid groups (broad SMARTS) is 4. The Bertz CT molecular complexity index is 2090. The normalized spacial score (nSPS) is 15.5. The Morgan fingerprint density at radius 2 is 1.09 bits per heavy atom. The molecule has 1 fully saturated rings. The van der Waals surface area contributed by atoms with Crippen LogP contribution in [-0.2, 0) is 52.7 Å². The number of carbonyl (C=O) groups excluding carboxylic acids is 7. The second kappa shape index (κ2) is 25.9. The van der Waals surface area contributed by atoms with E-state index >= 15 is 4.79 Å². The van der Waals surface area contributed by atoms with Gasteiger partial charge in [0.15, 0.2) is 5.92 Å². The third kappa shape index (κ3) is 16.8. The van der Waals surface area contributed by atoms with Crippen LogP contribution in [0.3, 0.4) is 0 Å². The van der Waals surface area contributed by atoms with E-state index in [1.165, 1.54) is 0 Å². The van der Waals surface area contributed by atoms with E-state index in [0.29, 0.717) is 11.1 Å². The number of carboxylic acids is 4. The van der Waals surface area contributed by atoms with Crippen molar-refractivity contribution in [2.45, 2.75) is 121 Å². The van der Waals surface area contributed by atoms with Gasteiger partial charge in [0, 0.05) is 25.0 Å². The number of carbonyl (C=O) groups is 11. The summed E-state index contributed by atoms with van der Waals surface area (Å²) in [5.74, 6) is -18.6. The number of hydrogen-bond acceptors (Lipinski definition) is 12. The summed E-state index contributed by atoms with van der Waals surface area (Å²) in [4.78, 5) is 143. The Hall–Kier alpha value is -6.84. The molecule has 1 aliphatic carbocycles. The fourth-order valence-corrected chi connectivity index (χ4v) is 8.15. The van der Waals surface area contributed by atoms with Crippen LogP contribution in [0.5, 0.6) is 0 Å².